The van der Waals surface area contributed by atoms with Crippen LogP contribution in [-0.4, -0.2) is 47.6 Å². The van der Waals surface area contributed by atoms with E-state index in [2.05, 4.69) is 165 Å². The molecule has 495 valence electrons. The fourth-order valence-electron chi connectivity index (χ4n) is 11.8. The molecule has 8 aromatic rings. The predicted molar refractivity (Wildman–Crippen MR) is 398 cm³/mol. The number of nitrogens with zero attached hydrogens (tertiary/aromatic N) is 4. The molecule has 2 aliphatic heterocycles. The van der Waals surface area contributed by atoms with E-state index in [4.69, 9.17) is 63.8 Å². The molecule has 0 unspecified atom stereocenters. The molecule has 2 saturated heterocycles. The van der Waals surface area contributed by atoms with Crippen molar-refractivity contribution >= 4 is 86.3 Å². The maximum atomic E-state index is 5.82. The minimum absolute atomic E-state index is 0. The van der Waals surface area contributed by atoms with Gasteiger partial charge in [-0.3, -0.25) is 0 Å². The second kappa shape index (κ2) is 39.6. The number of halogens is 3. The Balaban J connectivity index is 0.000000301. The Morgan fingerprint density at radius 3 is 0.902 bits per heavy atom. The van der Waals surface area contributed by atoms with Gasteiger partial charge in [-0.05, 0) is 155 Å². The largest absolute Gasteiger partial charge is 1.00 e. The van der Waals surface area contributed by atoms with Gasteiger partial charge in [0.2, 0.25) is 0 Å². The second-order valence-electron chi connectivity index (χ2n) is 24.3. The number of benzene rings is 8. The maximum Gasteiger partial charge on any atom is 1.00 e. The fourth-order valence-corrected chi connectivity index (χ4v) is 14.9. The first-order valence-corrected chi connectivity index (χ1v) is 40.5. The van der Waals surface area contributed by atoms with Gasteiger partial charge in [0, 0.05) is 50.4 Å². The van der Waals surface area contributed by atoms with Crippen LogP contribution in [0.3, 0.4) is 0 Å². The number of anilines is 4. The minimum atomic E-state index is -1.77. The zero-order chi connectivity index (χ0) is 67.4. The van der Waals surface area contributed by atoms with Crippen molar-refractivity contribution in [3.63, 3.8) is 0 Å². The smallest absolute Gasteiger partial charge is 0.779 e. The Hall–Kier alpha value is -3.51. The molecule has 2 fully saturated rings. The van der Waals surface area contributed by atoms with Gasteiger partial charge in [-0.1, -0.05) is 129 Å². The van der Waals surface area contributed by atoms with E-state index in [0.29, 0.717) is 0 Å². The van der Waals surface area contributed by atoms with Gasteiger partial charge < -0.3 is 44.9 Å². The first-order valence-electron chi connectivity index (χ1n) is 30.9. The van der Waals surface area contributed by atoms with Crippen molar-refractivity contribution in [1.82, 2.24) is 0 Å². The average molecular weight is 1540 g/mol. The van der Waals surface area contributed by atoms with Gasteiger partial charge in [-0.2, -0.15) is 23.1 Å². The van der Waals surface area contributed by atoms with Gasteiger partial charge in [-0.15, -0.1) is 0 Å². The zero-order valence-corrected chi connectivity index (χ0v) is 68.8. The third-order valence-corrected chi connectivity index (χ3v) is 19.4. The SMILES string of the molecule is CC(C)Oc1ccccc1[CH]=[Ru]([Cl])[Cl].CC(C)Oc1ccccc1[CH]=[Ru][Cl].Cc1cc(C)c(N2[CH-]N(c3c(C)cc(C)cc3C)CC2)c(C)c1.Cc1cc(C)c(N2[CH-]N(c3c(C)cc(C)cc3C)CC2)c(C)c1.Cc1cccc(C)c1[S-].Cc1cccc(C)c1[S-].[HH].[K+]. The van der Waals surface area contributed by atoms with Crippen LogP contribution in [0.15, 0.2) is 143 Å². The fraction of sp³-hybridized carbons (Fsp3) is 0.333. The molecule has 92 heavy (non-hydrogen) atoms. The van der Waals surface area contributed by atoms with Crippen LogP contribution in [0.2, 0.25) is 0 Å². The van der Waals surface area contributed by atoms with Crippen molar-refractivity contribution in [3.05, 3.63) is 247 Å². The van der Waals surface area contributed by atoms with Gasteiger partial charge >= 0.3 is 239 Å². The molecule has 0 N–H and O–H groups in total. The van der Waals surface area contributed by atoms with E-state index in [0.717, 1.165) is 58.6 Å². The van der Waals surface area contributed by atoms with Gasteiger partial charge in [0.15, 0.2) is 0 Å². The Morgan fingerprint density at radius 2 is 0.663 bits per heavy atom. The topological polar surface area (TPSA) is 31.4 Å². The third-order valence-electron chi connectivity index (χ3n) is 15.1. The first kappa shape index (κ1) is 80.9. The second-order valence-corrected chi connectivity index (χ2v) is 32.7. The summed E-state index contributed by atoms with van der Waals surface area (Å²) in [5.74, 6) is 1.77. The Labute approximate surface area is 634 Å². The van der Waals surface area contributed by atoms with Gasteiger partial charge in [0.25, 0.3) is 0 Å². The molecule has 10 rings (SSSR count). The molecule has 0 aliphatic carbocycles. The number of rotatable bonds is 10. The molecule has 0 bridgehead atoms. The molecule has 2 heterocycles. The van der Waals surface area contributed by atoms with Crippen molar-refractivity contribution in [3.8, 4) is 11.5 Å². The number of aryl methyl sites for hydroxylation is 16. The summed E-state index contributed by atoms with van der Waals surface area (Å²) in [6.07, 6.45) is 0.372. The van der Waals surface area contributed by atoms with Crippen LogP contribution in [0.5, 0.6) is 11.5 Å². The predicted octanol–water partition coefficient (Wildman–Crippen LogP) is 18.0. The van der Waals surface area contributed by atoms with Gasteiger partial charge in [-0.25, -0.2) is 0 Å². The molecular weight excluding hydrogens is 1440 g/mol. The quantitative estimate of drug-likeness (QED) is 0.0761. The summed E-state index contributed by atoms with van der Waals surface area (Å²) in [6, 6.07) is 46.2. The zero-order valence-electron chi connectivity index (χ0n) is 58.3. The number of para-hydroxylation sites is 2. The van der Waals surface area contributed by atoms with E-state index in [1.165, 1.54) is 112 Å². The van der Waals surface area contributed by atoms with E-state index in [1.807, 2.05) is 150 Å². The monoisotopic (exact) mass is 1530 g/mol. The average Bonchev–Trinajstić information content (AvgIpc) is 1.71. The van der Waals surface area contributed by atoms with E-state index < -0.39 is 13.5 Å². The summed E-state index contributed by atoms with van der Waals surface area (Å²) in [5.41, 5.74) is 28.6. The summed E-state index contributed by atoms with van der Waals surface area (Å²) in [6.45, 7) is 51.3. The van der Waals surface area contributed by atoms with Crippen LogP contribution in [0.25, 0.3) is 0 Å². The van der Waals surface area contributed by atoms with Crippen LogP contribution >= 0.6 is 29.1 Å². The third kappa shape index (κ3) is 24.9. The Kier molecular flexibility index (Phi) is 34.9. The molecular formula is C78H98Cl3KN4O2Ru2S2-3. The molecule has 6 nitrogen and oxygen atoms in total. The molecule has 14 heteroatoms. The molecule has 2 aliphatic rings. The van der Waals surface area contributed by atoms with Crippen LogP contribution in [0.4, 0.5) is 22.7 Å². The van der Waals surface area contributed by atoms with Gasteiger partial charge in [0.1, 0.15) is 0 Å². The normalized spacial score (nSPS) is 12.6. The number of hydrogen-bond donors (Lipinski definition) is 0. The Bertz CT molecular complexity index is 3350. The summed E-state index contributed by atoms with van der Waals surface area (Å²) < 4.78 is 15.2. The molecule has 8 aromatic carbocycles. The summed E-state index contributed by atoms with van der Waals surface area (Å²) in [4.78, 5) is 11.6. The van der Waals surface area contributed by atoms with Crippen molar-refractivity contribution in [1.29, 1.82) is 0 Å². The number of hydrogen-bond acceptors (Lipinski definition) is 8. The van der Waals surface area contributed by atoms with Crippen molar-refractivity contribution < 1.29 is 91.5 Å². The van der Waals surface area contributed by atoms with Crippen molar-refractivity contribution in [2.75, 3.05) is 45.8 Å². The molecule has 0 aromatic heterocycles. The summed E-state index contributed by atoms with van der Waals surface area (Å²) in [5, 5.41) is 0. The Morgan fingerprint density at radius 1 is 0.413 bits per heavy atom. The molecule has 0 saturated carbocycles. The first-order chi connectivity index (χ1) is 43.0. The van der Waals surface area contributed by atoms with E-state index >= 15 is 0 Å². The van der Waals surface area contributed by atoms with Crippen molar-refractivity contribution in [2.45, 2.75) is 160 Å². The summed E-state index contributed by atoms with van der Waals surface area (Å²) >= 11 is 8.23. The standard InChI is InChI=1S/2C21H27N2.2C10H12O.2C8H10S.3ClH.K.2Ru.H2/c2*1-14-9-16(3)20(17(4)10-14)22-7-8-23(13-22)21-18(5)11-15(2)12-19(21)6;2*1-8(2)11-10-7-5-4-6-9(10)3;2*1-6-4-3-5-7(2)8(6)9;;;;;;;/h2*9-13H,7-8H2,1-6H3;2*3-8H,1-2H3;2*3-5,9H,1-2H3;3*1H;;;;1H/q2*-1;;;;;;;;2*+1;+2;/p-5. The van der Waals surface area contributed by atoms with Crippen LogP contribution in [0, 0.1) is 124 Å². The molecule has 0 amide bonds. The van der Waals surface area contributed by atoms with E-state index in [1.54, 1.807) is 0 Å². The minimum Gasteiger partial charge on any atom is -0.779 e. The van der Waals surface area contributed by atoms with E-state index in [-0.39, 0.29) is 80.7 Å². The molecule has 0 atom stereocenters. The summed E-state index contributed by atoms with van der Waals surface area (Å²) in [7, 11) is 17.4. The molecule has 0 spiro atoms. The molecule has 0 radical (unpaired) electrons. The van der Waals surface area contributed by atoms with Crippen molar-refractivity contribution in [2.24, 2.45) is 0 Å². The maximum absolute atomic E-state index is 5.82. The van der Waals surface area contributed by atoms with Crippen LogP contribution < -0.4 is 80.5 Å². The van der Waals surface area contributed by atoms with Crippen LogP contribution in [-0.2, 0) is 54.5 Å². The van der Waals surface area contributed by atoms with Gasteiger partial charge in [0.05, 0.1) is 0 Å². The van der Waals surface area contributed by atoms with E-state index in [9.17, 15) is 0 Å². The number of ether oxygens (including phenoxy) is 2. The van der Waals surface area contributed by atoms with Crippen LogP contribution in [0.1, 0.15) is 129 Å².